The first-order chi connectivity index (χ1) is 10.8. The van der Waals surface area contributed by atoms with Crippen LogP contribution in [0.4, 0.5) is 11.5 Å². The van der Waals surface area contributed by atoms with E-state index in [-0.39, 0.29) is 0 Å². The highest BCUT2D eigenvalue weighted by Crippen LogP contribution is 2.28. The summed E-state index contributed by atoms with van der Waals surface area (Å²) in [6.45, 7) is 3.13. The molecule has 0 amide bonds. The van der Waals surface area contributed by atoms with E-state index in [1.807, 2.05) is 18.2 Å². The average Bonchev–Trinajstić information content (AvgIpc) is 3.00. The van der Waals surface area contributed by atoms with Crippen molar-refractivity contribution < 1.29 is 4.74 Å². The maximum absolute atomic E-state index is 5.69. The molecule has 3 N–H and O–H groups in total. The summed E-state index contributed by atoms with van der Waals surface area (Å²) in [6.07, 6.45) is 3.24. The Balaban J connectivity index is 1.78. The Bertz CT molecular complexity index is 791. The summed E-state index contributed by atoms with van der Waals surface area (Å²) in [4.78, 5) is 18.6. The lowest BCUT2D eigenvalue weighted by Crippen LogP contribution is -2.36. The molecule has 1 aliphatic heterocycles. The van der Waals surface area contributed by atoms with Crippen LogP contribution in [0.1, 0.15) is 0 Å². The van der Waals surface area contributed by atoms with Crippen LogP contribution in [0.5, 0.6) is 0 Å². The van der Waals surface area contributed by atoms with Crippen molar-refractivity contribution in [2.75, 3.05) is 36.9 Å². The molecule has 0 atom stereocenters. The minimum Gasteiger partial charge on any atom is -0.397 e. The number of nitrogens with zero attached hydrogens (tertiary/aromatic N) is 4. The fraction of sp³-hybridized carbons (Fsp3) is 0.267. The van der Waals surface area contributed by atoms with Gasteiger partial charge in [0.05, 0.1) is 41.9 Å². The van der Waals surface area contributed by atoms with E-state index in [2.05, 4.69) is 24.8 Å². The summed E-state index contributed by atoms with van der Waals surface area (Å²) >= 11 is 0. The molecular weight excluding hydrogens is 280 g/mol. The Hall–Kier alpha value is -2.67. The summed E-state index contributed by atoms with van der Waals surface area (Å²) in [5.74, 6) is 0.936. The molecule has 0 saturated carbocycles. The van der Waals surface area contributed by atoms with Crippen molar-refractivity contribution in [1.29, 1.82) is 0 Å². The Morgan fingerprint density at radius 3 is 2.77 bits per heavy atom. The third-order valence-corrected chi connectivity index (χ3v) is 3.78. The van der Waals surface area contributed by atoms with Crippen LogP contribution < -0.4 is 10.6 Å². The Morgan fingerprint density at radius 2 is 2.00 bits per heavy atom. The van der Waals surface area contributed by atoms with Gasteiger partial charge in [-0.15, -0.1) is 0 Å². The monoisotopic (exact) mass is 296 g/mol. The minimum absolute atomic E-state index is 0.647. The highest BCUT2D eigenvalue weighted by atomic mass is 16.5. The number of morpholine rings is 1. The van der Waals surface area contributed by atoms with E-state index in [0.29, 0.717) is 5.69 Å². The van der Waals surface area contributed by atoms with E-state index >= 15 is 0 Å². The average molecular weight is 296 g/mol. The zero-order valence-corrected chi connectivity index (χ0v) is 12.0. The number of aromatic amines is 1. The highest BCUT2D eigenvalue weighted by Gasteiger charge is 2.17. The van der Waals surface area contributed by atoms with E-state index < -0.39 is 0 Å². The molecule has 0 bridgehead atoms. The van der Waals surface area contributed by atoms with Gasteiger partial charge in [0.25, 0.3) is 0 Å². The topological polar surface area (TPSA) is 93.0 Å². The van der Waals surface area contributed by atoms with Crippen LogP contribution in [-0.4, -0.2) is 46.2 Å². The number of nitrogens with one attached hydrogen (secondary N) is 1. The maximum Gasteiger partial charge on any atom is 0.143 e. The number of ether oxygens (including phenoxy) is 1. The number of nitrogens with two attached hydrogens (primary N) is 1. The lowest BCUT2D eigenvalue weighted by Gasteiger charge is -2.27. The Kier molecular flexibility index (Phi) is 3.12. The first kappa shape index (κ1) is 13.0. The molecule has 112 valence electrons. The molecule has 1 aliphatic rings. The van der Waals surface area contributed by atoms with Crippen molar-refractivity contribution in [3.8, 4) is 11.4 Å². The van der Waals surface area contributed by atoms with Crippen LogP contribution in [-0.2, 0) is 4.74 Å². The SMILES string of the molecule is Nc1ccc(-c2cc3c(N4CCOCC4)ncnc3[nH]2)nc1. The smallest absolute Gasteiger partial charge is 0.143 e. The minimum atomic E-state index is 0.647. The number of hydrogen-bond donors (Lipinski definition) is 2. The van der Waals surface area contributed by atoms with E-state index in [4.69, 9.17) is 10.5 Å². The second-order valence-corrected chi connectivity index (χ2v) is 5.22. The molecule has 7 nitrogen and oxygen atoms in total. The summed E-state index contributed by atoms with van der Waals surface area (Å²) in [6, 6.07) is 5.77. The second kappa shape index (κ2) is 5.27. The number of rotatable bonds is 2. The van der Waals surface area contributed by atoms with Gasteiger partial charge in [-0.1, -0.05) is 0 Å². The fourth-order valence-corrected chi connectivity index (χ4v) is 2.66. The van der Waals surface area contributed by atoms with E-state index in [9.17, 15) is 0 Å². The lowest BCUT2D eigenvalue weighted by molar-refractivity contribution is 0.122. The summed E-state index contributed by atoms with van der Waals surface area (Å²) in [7, 11) is 0. The third kappa shape index (κ3) is 2.25. The van der Waals surface area contributed by atoms with Gasteiger partial charge < -0.3 is 20.4 Å². The van der Waals surface area contributed by atoms with E-state index in [1.165, 1.54) is 0 Å². The van der Waals surface area contributed by atoms with Crippen LogP contribution in [0.15, 0.2) is 30.7 Å². The van der Waals surface area contributed by atoms with Crippen molar-refractivity contribution in [3.63, 3.8) is 0 Å². The van der Waals surface area contributed by atoms with Crippen molar-refractivity contribution in [1.82, 2.24) is 19.9 Å². The summed E-state index contributed by atoms with van der Waals surface area (Å²) in [5, 5.41) is 0.998. The van der Waals surface area contributed by atoms with Gasteiger partial charge in [0.1, 0.15) is 17.8 Å². The quantitative estimate of drug-likeness (QED) is 0.743. The fourth-order valence-electron chi connectivity index (χ4n) is 2.66. The normalized spacial score (nSPS) is 15.4. The molecule has 0 aliphatic carbocycles. The van der Waals surface area contributed by atoms with Crippen LogP contribution in [0, 0.1) is 0 Å². The van der Waals surface area contributed by atoms with Gasteiger partial charge in [0, 0.05) is 13.1 Å². The van der Waals surface area contributed by atoms with Gasteiger partial charge in [-0.2, -0.15) is 0 Å². The largest absolute Gasteiger partial charge is 0.397 e. The molecule has 4 rings (SSSR count). The molecule has 0 unspecified atom stereocenters. The summed E-state index contributed by atoms with van der Waals surface area (Å²) < 4.78 is 5.40. The molecular formula is C15H16N6O. The van der Waals surface area contributed by atoms with Gasteiger partial charge in [0.2, 0.25) is 0 Å². The molecule has 3 aromatic rings. The maximum atomic E-state index is 5.69. The van der Waals surface area contributed by atoms with Crippen molar-refractivity contribution in [3.05, 3.63) is 30.7 Å². The second-order valence-electron chi connectivity index (χ2n) is 5.22. The molecule has 22 heavy (non-hydrogen) atoms. The van der Waals surface area contributed by atoms with Gasteiger partial charge in [-0.05, 0) is 18.2 Å². The molecule has 7 heteroatoms. The lowest BCUT2D eigenvalue weighted by atomic mass is 10.2. The Labute approximate surface area is 127 Å². The van der Waals surface area contributed by atoms with E-state index in [0.717, 1.165) is 54.5 Å². The molecule has 0 spiro atoms. The van der Waals surface area contributed by atoms with Crippen LogP contribution in [0.25, 0.3) is 22.4 Å². The number of aromatic nitrogens is 4. The molecule has 4 heterocycles. The first-order valence-corrected chi connectivity index (χ1v) is 7.19. The van der Waals surface area contributed by atoms with Crippen LogP contribution >= 0.6 is 0 Å². The van der Waals surface area contributed by atoms with Gasteiger partial charge in [-0.25, -0.2) is 9.97 Å². The molecule has 1 saturated heterocycles. The van der Waals surface area contributed by atoms with Crippen molar-refractivity contribution in [2.24, 2.45) is 0 Å². The first-order valence-electron chi connectivity index (χ1n) is 7.19. The van der Waals surface area contributed by atoms with Crippen LogP contribution in [0.3, 0.4) is 0 Å². The van der Waals surface area contributed by atoms with Gasteiger partial charge in [0.15, 0.2) is 0 Å². The molecule has 0 radical (unpaired) electrons. The number of pyridine rings is 1. The zero-order valence-electron chi connectivity index (χ0n) is 12.0. The van der Waals surface area contributed by atoms with Gasteiger partial charge >= 0.3 is 0 Å². The van der Waals surface area contributed by atoms with E-state index in [1.54, 1.807) is 12.5 Å². The number of anilines is 2. The molecule has 1 fully saturated rings. The van der Waals surface area contributed by atoms with Crippen molar-refractivity contribution >= 4 is 22.5 Å². The number of nitrogen functional groups attached to an aromatic ring is 1. The number of fused-ring (bicyclic) bond motifs is 1. The highest BCUT2D eigenvalue weighted by molar-refractivity contribution is 5.91. The standard InChI is InChI=1S/C15H16N6O/c16-10-1-2-12(17-8-10)13-7-11-14(20-13)18-9-19-15(11)21-3-5-22-6-4-21/h1-2,7-9H,3-6,16H2,(H,18,19,20). The van der Waals surface area contributed by atoms with Crippen molar-refractivity contribution in [2.45, 2.75) is 0 Å². The third-order valence-electron chi connectivity index (χ3n) is 3.78. The number of hydrogen-bond acceptors (Lipinski definition) is 6. The predicted octanol–water partition coefficient (Wildman–Crippen LogP) is 1.44. The molecule has 3 aromatic heterocycles. The Morgan fingerprint density at radius 1 is 1.14 bits per heavy atom. The van der Waals surface area contributed by atoms with Crippen LogP contribution in [0.2, 0.25) is 0 Å². The molecule has 0 aromatic carbocycles. The van der Waals surface area contributed by atoms with Gasteiger partial charge in [-0.3, -0.25) is 4.98 Å². The predicted molar refractivity (Wildman–Crippen MR) is 84.6 cm³/mol. The zero-order chi connectivity index (χ0) is 14.9. The number of H-pyrrole nitrogens is 1. The summed E-state index contributed by atoms with van der Waals surface area (Å²) in [5.41, 5.74) is 8.89.